The molecule has 6 nitrogen and oxygen atoms in total. The van der Waals surface area contributed by atoms with E-state index in [1.54, 1.807) is 23.9 Å². The van der Waals surface area contributed by atoms with Crippen LogP contribution in [0.2, 0.25) is 0 Å². The van der Waals surface area contributed by atoms with Crippen LogP contribution in [0, 0.1) is 11.8 Å². The van der Waals surface area contributed by atoms with Crippen molar-refractivity contribution in [2.24, 2.45) is 11.8 Å². The molecule has 0 aromatic heterocycles. The Balaban J connectivity index is 1.88. The maximum Gasteiger partial charge on any atom is 0.319 e. The van der Waals surface area contributed by atoms with Gasteiger partial charge < -0.3 is 20.2 Å². The highest BCUT2D eigenvalue weighted by Gasteiger charge is 2.33. The lowest BCUT2D eigenvalue weighted by atomic mass is 9.96. The summed E-state index contributed by atoms with van der Waals surface area (Å²) >= 11 is 0. The number of hydrogen-bond acceptors (Lipinski definition) is 3. The van der Waals surface area contributed by atoms with E-state index in [-0.39, 0.29) is 36.4 Å². The minimum absolute atomic E-state index is 0.0263. The van der Waals surface area contributed by atoms with Crippen LogP contribution >= 0.6 is 0 Å². The highest BCUT2D eigenvalue weighted by atomic mass is 16.3. The molecule has 2 fully saturated rings. The highest BCUT2D eigenvalue weighted by molar-refractivity contribution is 5.81. The number of aliphatic hydroxyl groups is 1. The zero-order chi connectivity index (χ0) is 15.4. The molecule has 1 heterocycles. The molecule has 0 aromatic rings. The summed E-state index contributed by atoms with van der Waals surface area (Å²) in [5.74, 6) is 0.108. The van der Waals surface area contributed by atoms with E-state index < -0.39 is 0 Å². The average molecular weight is 297 g/mol. The molecule has 1 aliphatic heterocycles. The number of rotatable bonds is 3. The van der Waals surface area contributed by atoms with Gasteiger partial charge in [0.25, 0.3) is 0 Å². The van der Waals surface area contributed by atoms with Gasteiger partial charge in [0.1, 0.15) is 0 Å². The third-order valence-electron chi connectivity index (χ3n) is 4.67. The van der Waals surface area contributed by atoms with E-state index in [1.807, 2.05) is 0 Å². The van der Waals surface area contributed by atoms with Crippen LogP contribution in [0.5, 0.6) is 0 Å². The molecule has 1 aliphatic carbocycles. The molecule has 2 rings (SSSR count). The number of carbonyl (C=O) groups excluding carboxylic acids is 2. The first-order valence-corrected chi connectivity index (χ1v) is 7.90. The van der Waals surface area contributed by atoms with E-state index in [9.17, 15) is 14.7 Å². The van der Waals surface area contributed by atoms with Crippen molar-refractivity contribution >= 4 is 11.9 Å². The SMILES string of the molecule is CN(C)C(=O)N1CCCC(C(=O)NC2CCCC2CO)C1. The molecular weight excluding hydrogens is 270 g/mol. The largest absolute Gasteiger partial charge is 0.396 e. The molecule has 1 saturated carbocycles. The number of hydrogen-bond donors (Lipinski definition) is 2. The summed E-state index contributed by atoms with van der Waals surface area (Å²) in [6.07, 6.45) is 4.69. The monoisotopic (exact) mass is 297 g/mol. The molecule has 3 unspecified atom stereocenters. The van der Waals surface area contributed by atoms with Gasteiger partial charge in [-0.3, -0.25) is 4.79 Å². The summed E-state index contributed by atoms with van der Waals surface area (Å²) in [4.78, 5) is 27.7. The van der Waals surface area contributed by atoms with Gasteiger partial charge >= 0.3 is 6.03 Å². The van der Waals surface area contributed by atoms with Crippen molar-refractivity contribution in [3.63, 3.8) is 0 Å². The van der Waals surface area contributed by atoms with Crippen LogP contribution < -0.4 is 5.32 Å². The number of likely N-dealkylation sites (tertiary alicyclic amines) is 1. The lowest BCUT2D eigenvalue weighted by Crippen LogP contribution is -2.50. The quantitative estimate of drug-likeness (QED) is 0.803. The molecule has 0 radical (unpaired) electrons. The van der Waals surface area contributed by atoms with Crippen molar-refractivity contribution in [3.8, 4) is 0 Å². The summed E-state index contributed by atoms with van der Waals surface area (Å²) in [6, 6.07) is 0.0732. The minimum Gasteiger partial charge on any atom is -0.396 e. The normalized spacial score (nSPS) is 29.3. The fourth-order valence-electron chi connectivity index (χ4n) is 3.39. The molecule has 0 aromatic carbocycles. The Kier molecular flexibility index (Phi) is 5.45. The van der Waals surface area contributed by atoms with E-state index in [1.165, 1.54) is 0 Å². The number of nitrogens with zero attached hydrogens (tertiary/aromatic N) is 2. The number of urea groups is 1. The Morgan fingerprint density at radius 1 is 1.24 bits per heavy atom. The van der Waals surface area contributed by atoms with Crippen molar-refractivity contribution in [2.75, 3.05) is 33.8 Å². The van der Waals surface area contributed by atoms with Crippen LogP contribution in [0.25, 0.3) is 0 Å². The van der Waals surface area contributed by atoms with Gasteiger partial charge in [0.05, 0.1) is 5.92 Å². The molecule has 0 spiro atoms. The second kappa shape index (κ2) is 7.11. The van der Waals surface area contributed by atoms with Crippen molar-refractivity contribution in [1.82, 2.24) is 15.1 Å². The first kappa shape index (κ1) is 16.1. The highest BCUT2D eigenvalue weighted by Crippen LogP contribution is 2.26. The van der Waals surface area contributed by atoms with E-state index in [4.69, 9.17) is 0 Å². The first-order valence-electron chi connectivity index (χ1n) is 7.90. The zero-order valence-electron chi connectivity index (χ0n) is 13.0. The van der Waals surface area contributed by atoms with Gasteiger partial charge in [-0.2, -0.15) is 0 Å². The lowest BCUT2D eigenvalue weighted by molar-refractivity contribution is -0.127. The predicted molar refractivity (Wildman–Crippen MR) is 79.7 cm³/mol. The van der Waals surface area contributed by atoms with E-state index in [0.29, 0.717) is 6.54 Å². The van der Waals surface area contributed by atoms with Crippen LogP contribution in [0.3, 0.4) is 0 Å². The van der Waals surface area contributed by atoms with Gasteiger partial charge in [-0.05, 0) is 25.7 Å². The Labute approximate surface area is 126 Å². The van der Waals surface area contributed by atoms with Crippen molar-refractivity contribution in [1.29, 1.82) is 0 Å². The maximum absolute atomic E-state index is 12.4. The van der Waals surface area contributed by atoms with Gasteiger partial charge in [0, 0.05) is 45.8 Å². The number of carbonyl (C=O) groups is 2. The Bertz CT molecular complexity index is 386. The van der Waals surface area contributed by atoms with Crippen LogP contribution in [-0.2, 0) is 4.79 Å². The van der Waals surface area contributed by atoms with Gasteiger partial charge in [0.2, 0.25) is 5.91 Å². The van der Waals surface area contributed by atoms with Crippen molar-refractivity contribution in [2.45, 2.75) is 38.1 Å². The molecule has 3 atom stereocenters. The fraction of sp³-hybridized carbons (Fsp3) is 0.867. The van der Waals surface area contributed by atoms with E-state index in [2.05, 4.69) is 5.32 Å². The molecule has 6 heteroatoms. The predicted octanol–water partition coefficient (Wildman–Crippen LogP) is 0.657. The van der Waals surface area contributed by atoms with E-state index in [0.717, 1.165) is 38.6 Å². The molecule has 0 bridgehead atoms. The number of nitrogens with one attached hydrogen (secondary N) is 1. The summed E-state index contributed by atoms with van der Waals surface area (Å²) in [6.45, 7) is 1.36. The second-order valence-corrected chi connectivity index (χ2v) is 6.45. The second-order valence-electron chi connectivity index (χ2n) is 6.45. The molecule has 120 valence electrons. The van der Waals surface area contributed by atoms with Crippen LogP contribution in [0.15, 0.2) is 0 Å². The fourth-order valence-corrected chi connectivity index (χ4v) is 3.39. The molecule has 3 amide bonds. The van der Waals surface area contributed by atoms with Crippen molar-refractivity contribution < 1.29 is 14.7 Å². The Hall–Kier alpha value is -1.30. The number of amides is 3. The summed E-state index contributed by atoms with van der Waals surface area (Å²) in [7, 11) is 3.47. The molecule has 21 heavy (non-hydrogen) atoms. The average Bonchev–Trinajstić information content (AvgIpc) is 2.93. The Morgan fingerprint density at radius 2 is 2.00 bits per heavy atom. The molecular formula is C15H27N3O3. The van der Waals surface area contributed by atoms with Crippen LogP contribution in [-0.4, -0.2) is 66.7 Å². The maximum atomic E-state index is 12.4. The van der Waals surface area contributed by atoms with Gasteiger partial charge in [-0.15, -0.1) is 0 Å². The van der Waals surface area contributed by atoms with Gasteiger partial charge in [0.15, 0.2) is 0 Å². The topological polar surface area (TPSA) is 72.9 Å². The Morgan fingerprint density at radius 3 is 2.67 bits per heavy atom. The summed E-state index contributed by atoms with van der Waals surface area (Å²) in [5.41, 5.74) is 0. The number of piperidine rings is 1. The molecule has 2 aliphatic rings. The summed E-state index contributed by atoms with van der Waals surface area (Å²) < 4.78 is 0. The smallest absolute Gasteiger partial charge is 0.319 e. The van der Waals surface area contributed by atoms with Crippen LogP contribution in [0.1, 0.15) is 32.1 Å². The first-order chi connectivity index (χ1) is 10.0. The lowest BCUT2D eigenvalue weighted by Gasteiger charge is -2.34. The molecule has 2 N–H and O–H groups in total. The van der Waals surface area contributed by atoms with E-state index >= 15 is 0 Å². The van der Waals surface area contributed by atoms with Crippen LogP contribution in [0.4, 0.5) is 4.79 Å². The van der Waals surface area contributed by atoms with Crippen molar-refractivity contribution in [3.05, 3.63) is 0 Å². The molecule has 1 saturated heterocycles. The third-order valence-corrected chi connectivity index (χ3v) is 4.67. The summed E-state index contributed by atoms with van der Waals surface area (Å²) in [5, 5.41) is 12.4. The van der Waals surface area contributed by atoms with Gasteiger partial charge in [-0.25, -0.2) is 4.79 Å². The van der Waals surface area contributed by atoms with Gasteiger partial charge in [-0.1, -0.05) is 6.42 Å². The zero-order valence-corrected chi connectivity index (χ0v) is 13.0. The minimum atomic E-state index is -0.123. The number of aliphatic hydroxyl groups excluding tert-OH is 1. The standard InChI is InChI=1S/C15H27N3O3/c1-17(2)15(21)18-8-4-6-11(9-18)14(20)16-13-7-3-5-12(13)10-19/h11-13,19H,3-10H2,1-2H3,(H,16,20). The third kappa shape index (κ3) is 3.87.